The van der Waals surface area contributed by atoms with Crippen LogP contribution in [0.15, 0.2) is 300 Å². The molecule has 4 nitrogen and oxygen atoms in total. The molecule has 0 fully saturated rings. The zero-order valence-corrected chi connectivity index (χ0v) is 42.4. The first kappa shape index (κ1) is 45.0. The van der Waals surface area contributed by atoms with E-state index in [4.69, 9.17) is 8.83 Å². The Hall–Kier alpha value is -10.4. The molecule has 78 heavy (non-hydrogen) atoms. The lowest BCUT2D eigenvalue weighted by molar-refractivity contribution is 0.668. The molecule has 2 aromatic heterocycles. The van der Waals surface area contributed by atoms with Gasteiger partial charge in [0.15, 0.2) is 0 Å². The summed E-state index contributed by atoms with van der Waals surface area (Å²) >= 11 is 0. The van der Waals surface area contributed by atoms with Gasteiger partial charge in [-0.2, -0.15) is 0 Å². The van der Waals surface area contributed by atoms with E-state index in [1.54, 1.807) is 0 Å². The number of anilines is 6. The smallest absolute Gasteiger partial charge is 0.137 e. The number of furan rings is 2. The van der Waals surface area contributed by atoms with E-state index in [-0.39, 0.29) is 0 Å². The molecule has 0 amide bonds. The highest BCUT2D eigenvalue weighted by Crippen LogP contribution is 2.49. The summed E-state index contributed by atoms with van der Waals surface area (Å²) in [6.45, 7) is 0. The van der Waals surface area contributed by atoms with Crippen LogP contribution in [0.3, 0.4) is 0 Å². The van der Waals surface area contributed by atoms with Crippen molar-refractivity contribution in [1.29, 1.82) is 0 Å². The second-order valence-corrected chi connectivity index (χ2v) is 20.0. The zero-order chi connectivity index (χ0) is 51.5. The normalized spacial score (nSPS) is 11.6. The van der Waals surface area contributed by atoms with Gasteiger partial charge in [0.05, 0.1) is 0 Å². The fourth-order valence-electron chi connectivity index (χ4n) is 11.8. The van der Waals surface area contributed by atoms with Crippen molar-refractivity contribution in [2.45, 2.75) is 0 Å². The van der Waals surface area contributed by atoms with Crippen molar-refractivity contribution >= 4 is 99.5 Å². The average molecular weight is 997 g/mol. The lowest BCUT2D eigenvalue weighted by atomic mass is 9.85. The van der Waals surface area contributed by atoms with Gasteiger partial charge in [-0.3, -0.25) is 0 Å². The van der Waals surface area contributed by atoms with Crippen LogP contribution in [0.1, 0.15) is 0 Å². The number of benzene rings is 13. The Morgan fingerprint density at radius 2 is 0.462 bits per heavy atom. The van der Waals surface area contributed by atoms with E-state index < -0.39 is 0 Å². The van der Waals surface area contributed by atoms with Crippen molar-refractivity contribution in [1.82, 2.24) is 0 Å². The number of para-hydroxylation sites is 2. The van der Waals surface area contributed by atoms with E-state index in [1.165, 1.54) is 22.3 Å². The molecule has 0 atom stereocenters. The predicted octanol–water partition coefficient (Wildman–Crippen LogP) is 21.4. The molecule has 366 valence electrons. The summed E-state index contributed by atoms with van der Waals surface area (Å²) < 4.78 is 13.1. The highest BCUT2D eigenvalue weighted by atomic mass is 16.3. The summed E-state index contributed by atoms with van der Waals surface area (Å²) in [4.78, 5) is 4.73. The maximum absolute atomic E-state index is 6.55. The second-order valence-electron chi connectivity index (χ2n) is 20.0. The topological polar surface area (TPSA) is 32.8 Å². The van der Waals surface area contributed by atoms with E-state index in [0.717, 1.165) is 122 Å². The standard InChI is InChI=1S/C74H48N2O2/c1-5-17-49(18-6-1)51-29-33-55(34-30-51)75(59-37-41-63-61-25-13-15-27-69(61)77-71(63)47-59)57-39-43-65-67(45-57)73(53-21-9-3-10-22-53)66-44-40-58(46-68(66)74(65)54-23-11-4-12-24-54)76(56-35-31-52(32-36-56)50-19-7-2-8-20-50)60-38-42-64-62-26-14-16-28-70(62)78-72(64)48-60/h1-48H. The largest absolute Gasteiger partial charge is 0.456 e. The van der Waals surface area contributed by atoms with Gasteiger partial charge in [0.25, 0.3) is 0 Å². The first-order valence-corrected chi connectivity index (χ1v) is 26.6. The Morgan fingerprint density at radius 3 is 0.846 bits per heavy atom. The molecule has 0 saturated heterocycles. The first-order chi connectivity index (χ1) is 38.7. The molecule has 13 aromatic carbocycles. The third-order valence-electron chi connectivity index (χ3n) is 15.4. The molecule has 0 saturated carbocycles. The zero-order valence-electron chi connectivity index (χ0n) is 42.4. The Morgan fingerprint density at radius 1 is 0.179 bits per heavy atom. The van der Waals surface area contributed by atoms with E-state index >= 15 is 0 Å². The van der Waals surface area contributed by atoms with Gasteiger partial charge in [0.1, 0.15) is 22.3 Å². The number of hydrogen-bond donors (Lipinski definition) is 0. The fraction of sp³-hybridized carbons (Fsp3) is 0. The van der Waals surface area contributed by atoms with E-state index in [9.17, 15) is 0 Å². The maximum Gasteiger partial charge on any atom is 0.137 e. The molecule has 15 rings (SSSR count). The van der Waals surface area contributed by atoms with Crippen LogP contribution in [0.4, 0.5) is 34.1 Å². The van der Waals surface area contributed by atoms with Crippen LogP contribution in [-0.4, -0.2) is 0 Å². The molecule has 15 aromatic rings. The van der Waals surface area contributed by atoms with Gasteiger partial charge in [0.2, 0.25) is 0 Å². The summed E-state index contributed by atoms with van der Waals surface area (Å²) in [5.41, 5.74) is 18.9. The monoisotopic (exact) mass is 996 g/mol. The van der Waals surface area contributed by atoms with Crippen molar-refractivity contribution in [3.63, 3.8) is 0 Å². The maximum atomic E-state index is 6.55. The van der Waals surface area contributed by atoms with Gasteiger partial charge in [0, 0.05) is 67.8 Å². The number of fused-ring (bicyclic) bond motifs is 8. The molecular weight excluding hydrogens is 949 g/mol. The van der Waals surface area contributed by atoms with Crippen LogP contribution in [0, 0.1) is 0 Å². The van der Waals surface area contributed by atoms with Crippen LogP contribution in [0.5, 0.6) is 0 Å². The molecule has 2 heterocycles. The molecule has 0 spiro atoms. The number of hydrogen-bond acceptors (Lipinski definition) is 4. The van der Waals surface area contributed by atoms with Crippen LogP contribution in [0.2, 0.25) is 0 Å². The van der Waals surface area contributed by atoms with E-state index in [2.05, 4.69) is 277 Å². The third-order valence-corrected chi connectivity index (χ3v) is 15.4. The van der Waals surface area contributed by atoms with E-state index in [0.29, 0.717) is 0 Å². The lowest BCUT2D eigenvalue weighted by Crippen LogP contribution is -2.10. The molecule has 0 N–H and O–H groups in total. The highest BCUT2D eigenvalue weighted by Gasteiger charge is 2.24. The molecule has 0 aliphatic rings. The second kappa shape index (κ2) is 18.7. The van der Waals surface area contributed by atoms with Crippen molar-refractivity contribution in [2.24, 2.45) is 0 Å². The lowest BCUT2D eigenvalue weighted by Gasteiger charge is -2.28. The van der Waals surface area contributed by atoms with Gasteiger partial charge in [-0.25, -0.2) is 0 Å². The summed E-state index contributed by atoms with van der Waals surface area (Å²) in [6.07, 6.45) is 0. The Balaban J connectivity index is 0.964. The predicted molar refractivity (Wildman–Crippen MR) is 327 cm³/mol. The quantitative estimate of drug-likeness (QED) is 0.128. The minimum atomic E-state index is 0.845. The summed E-state index contributed by atoms with van der Waals surface area (Å²) in [5.74, 6) is 0. The summed E-state index contributed by atoms with van der Waals surface area (Å²) in [5, 5.41) is 9.01. The molecule has 0 unspecified atom stereocenters. The van der Waals surface area contributed by atoms with Crippen molar-refractivity contribution in [3.05, 3.63) is 291 Å². The van der Waals surface area contributed by atoms with Gasteiger partial charge >= 0.3 is 0 Å². The molecular formula is C74H48N2O2. The minimum absolute atomic E-state index is 0.845. The third kappa shape index (κ3) is 7.77. The Bertz CT molecular complexity index is 4400. The fourth-order valence-corrected chi connectivity index (χ4v) is 11.8. The Kier molecular flexibility index (Phi) is 10.8. The van der Waals surface area contributed by atoms with Crippen LogP contribution >= 0.6 is 0 Å². The molecule has 0 aliphatic carbocycles. The first-order valence-electron chi connectivity index (χ1n) is 26.6. The average Bonchev–Trinajstić information content (AvgIpc) is 4.08. The van der Waals surface area contributed by atoms with Crippen molar-refractivity contribution in [3.8, 4) is 44.5 Å². The molecule has 0 radical (unpaired) electrons. The minimum Gasteiger partial charge on any atom is -0.456 e. The Labute approximate surface area is 451 Å². The van der Waals surface area contributed by atoms with Gasteiger partial charge < -0.3 is 18.6 Å². The summed E-state index contributed by atoms with van der Waals surface area (Å²) in [6, 6.07) is 105. The van der Waals surface area contributed by atoms with Crippen molar-refractivity contribution < 1.29 is 8.83 Å². The summed E-state index contributed by atoms with van der Waals surface area (Å²) in [7, 11) is 0. The van der Waals surface area contributed by atoms with Crippen LogP contribution in [0.25, 0.3) is 110 Å². The molecule has 4 heteroatoms. The molecule has 0 aliphatic heterocycles. The highest BCUT2D eigenvalue weighted by molar-refractivity contribution is 6.23. The van der Waals surface area contributed by atoms with E-state index in [1.807, 2.05) is 24.3 Å². The van der Waals surface area contributed by atoms with Crippen LogP contribution < -0.4 is 9.80 Å². The van der Waals surface area contributed by atoms with Gasteiger partial charge in [-0.15, -0.1) is 0 Å². The SMILES string of the molecule is c1ccc(-c2ccc(N(c3ccc4c(c3)oc3ccccc34)c3ccc4c(-c5ccccc5)c5cc(N(c6ccc(-c7ccccc7)cc6)c6ccc7c(c6)oc6ccccc67)ccc5c(-c5ccccc5)c4c3)cc2)cc1. The van der Waals surface area contributed by atoms with Crippen LogP contribution in [-0.2, 0) is 0 Å². The van der Waals surface area contributed by atoms with Gasteiger partial charge in [-0.05, 0) is 151 Å². The van der Waals surface area contributed by atoms with Crippen molar-refractivity contribution in [2.75, 3.05) is 9.80 Å². The number of rotatable bonds is 10. The molecule has 0 bridgehead atoms. The van der Waals surface area contributed by atoms with Gasteiger partial charge in [-0.1, -0.05) is 194 Å². The number of nitrogens with zero attached hydrogens (tertiary/aromatic N) is 2.